The molecule has 1 saturated heterocycles. The van der Waals surface area contributed by atoms with E-state index < -0.39 is 0 Å². The number of hydrogen-bond acceptors (Lipinski definition) is 4. The second-order valence-corrected chi connectivity index (χ2v) is 13.3. The Kier molecular flexibility index (Phi) is 6.33. The lowest BCUT2D eigenvalue weighted by Crippen LogP contribution is -2.59. The van der Waals surface area contributed by atoms with Crippen molar-refractivity contribution in [2.45, 2.75) is 97.2 Å². The average molecular weight is 469 g/mol. The number of allylic oxidation sites excluding steroid dienone is 2. The molecule has 1 spiro atoms. The Morgan fingerprint density at radius 2 is 1.94 bits per heavy atom. The van der Waals surface area contributed by atoms with Crippen LogP contribution in [0.1, 0.15) is 79.1 Å². The van der Waals surface area contributed by atoms with E-state index >= 15 is 0 Å². The highest BCUT2D eigenvalue weighted by atomic mass is 16.5. The van der Waals surface area contributed by atoms with Crippen molar-refractivity contribution in [2.75, 3.05) is 27.7 Å². The molecule has 5 rings (SSSR count). The number of ether oxygens (including phenoxy) is 1. The van der Waals surface area contributed by atoms with Gasteiger partial charge in [0.05, 0.1) is 6.42 Å². The Morgan fingerprint density at radius 1 is 1.21 bits per heavy atom. The van der Waals surface area contributed by atoms with E-state index in [1.54, 1.807) is 5.57 Å². The molecule has 0 N–H and O–H groups in total. The Bertz CT molecular complexity index is 873. The van der Waals surface area contributed by atoms with Gasteiger partial charge in [0, 0.05) is 24.0 Å². The van der Waals surface area contributed by atoms with E-state index in [2.05, 4.69) is 64.7 Å². The number of rotatable bonds is 4. The fourth-order valence-electron chi connectivity index (χ4n) is 9.47. The lowest BCUT2D eigenvalue weighted by molar-refractivity contribution is -0.177. The van der Waals surface area contributed by atoms with Crippen LogP contribution in [0.15, 0.2) is 23.3 Å². The minimum Gasteiger partial charge on any atom is -0.461 e. The second-order valence-electron chi connectivity index (χ2n) is 13.3. The SMILES string of the molecule is CC(C)=CCC(=O)O[C@@H]1C[C@H]2[C@@H](CC=C3C[C@@H](N(C)C)CC[C@@]32C)[C@@H]2CC[C@@H]3[C@H](C)N(C)C[C@]312. The van der Waals surface area contributed by atoms with Crippen molar-refractivity contribution >= 4 is 5.97 Å². The third-order valence-electron chi connectivity index (χ3n) is 11.4. The first-order valence-electron chi connectivity index (χ1n) is 14.0. The molecule has 5 aliphatic rings. The predicted octanol–water partition coefficient (Wildman–Crippen LogP) is 5.69. The van der Waals surface area contributed by atoms with Crippen LogP contribution in [-0.2, 0) is 9.53 Å². The maximum absolute atomic E-state index is 13.1. The molecular formula is C30H48N2O2. The molecule has 34 heavy (non-hydrogen) atoms. The van der Waals surface area contributed by atoms with Gasteiger partial charge in [-0.1, -0.05) is 30.2 Å². The van der Waals surface area contributed by atoms with Gasteiger partial charge in [0.1, 0.15) is 6.10 Å². The summed E-state index contributed by atoms with van der Waals surface area (Å²) in [7, 11) is 6.77. The van der Waals surface area contributed by atoms with E-state index in [0.29, 0.717) is 36.3 Å². The standard InChI is InChI=1S/C30H48N2O2/c1-19(2)8-13-28(33)34-27-17-26-23(25-12-11-24-20(3)32(7)18-30(24,25)27)10-9-21-16-22(31(5)6)14-15-29(21,26)4/h8-9,20,22-27H,10-18H2,1-7H3/t20-,22-,23-,24+,25-,26-,27+,29-,30+/m0/s1. The number of likely N-dealkylation sites (tertiary alicyclic amines) is 1. The monoisotopic (exact) mass is 468 g/mol. The van der Waals surface area contributed by atoms with Crippen LogP contribution < -0.4 is 0 Å². The summed E-state index contributed by atoms with van der Waals surface area (Å²) in [6, 6.07) is 1.25. The first-order chi connectivity index (χ1) is 16.1. The van der Waals surface area contributed by atoms with E-state index in [-0.39, 0.29) is 22.9 Å². The Balaban J connectivity index is 1.49. The highest BCUT2D eigenvalue weighted by molar-refractivity contribution is 5.71. The lowest BCUT2D eigenvalue weighted by atomic mass is 9.46. The normalized spacial score (nSPS) is 45.6. The molecule has 190 valence electrons. The topological polar surface area (TPSA) is 32.8 Å². The van der Waals surface area contributed by atoms with Crippen molar-refractivity contribution in [1.82, 2.24) is 9.80 Å². The summed E-state index contributed by atoms with van der Waals surface area (Å²) in [5.41, 5.74) is 3.32. The lowest BCUT2D eigenvalue weighted by Gasteiger charge is -2.60. The van der Waals surface area contributed by atoms with Crippen molar-refractivity contribution in [3.05, 3.63) is 23.3 Å². The summed E-state index contributed by atoms with van der Waals surface area (Å²) in [6.45, 7) is 10.2. The van der Waals surface area contributed by atoms with E-state index in [0.717, 1.165) is 18.9 Å². The fourth-order valence-corrected chi connectivity index (χ4v) is 9.47. The second kappa shape index (κ2) is 8.76. The van der Waals surface area contributed by atoms with E-state index in [4.69, 9.17) is 4.74 Å². The molecule has 0 unspecified atom stereocenters. The third kappa shape index (κ3) is 3.65. The van der Waals surface area contributed by atoms with E-state index in [1.165, 1.54) is 44.1 Å². The van der Waals surface area contributed by atoms with Crippen molar-refractivity contribution in [2.24, 2.45) is 34.5 Å². The largest absolute Gasteiger partial charge is 0.461 e. The van der Waals surface area contributed by atoms with Crippen LogP contribution in [0.3, 0.4) is 0 Å². The fraction of sp³-hybridized carbons (Fsp3) is 0.833. The van der Waals surface area contributed by atoms with Crippen LogP contribution in [0.2, 0.25) is 0 Å². The van der Waals surface area contributed by atoms with Gasteiger partial charge in [-0.05, 0) is 116 Å². The molecule has 9 atom stereocenters. The van der Waals surface area contributed by atoms with E-state index in [1.807, 2.05) is 6.08 Å². The number of esters is 1. The molecule has 1 aliphatic heterocycles. The Hall–Kier alpha value is -1.13. The Morgan fingerprint density at radius 3 is 2.65 bits per heavy atom. The van der Waals surface area contributed by atoms with Crippen LogP contribution in [0, 0.1) is 34.5 Å². The average Bonchev–Trinajstić information content (AvgIpc) is 3.27. The van der Waals surface area contributed by atoms with Gasteiger partial charge in [-0.15, -0.1) is 0 Å². The van der Waals surface area contributed by atoms with E-state index in [9.17, 15) is 4.79 Å². The molecule has 0 aromatic rings. The predicted molar refractivity (Wildman–Crippen MR) is 138 cm³/mol. The molecule has 0 radical (unpaired) electrons. The minimum atomic E-state index is -0.0151. The first-order valence-corrected chi connectivity index (χ1v) is 14.0. The molecule has 0 bridgehead atoms. The first kappa shape index (κ1) is 24.6. The van der Waals surface area contributed by atoms with Gasteiger partial charge in [0.25, 0.3) is 0 Å². The van der Waals surface area contributed by atoms with Crippen LogP contribution in [0.4, 0.5) is 0 Å². The van der Waals surface area contributed by atoms with Crippen molar-refractivity contribution in [3.8, 4) is 0 Å². The quantitative estimate of drug-likeness (QED) is 0.392. The maximum atomic E-state index is 13.1. The van der Waals surface area contributed by atoms with Gasteiger partial charge < -0.3 is 14.5 Å². The number of hydrogen-bond donors (Lipinski definition) is 0. The van der Waals surface area contributed by atoms with Crippen LogP contribution in [0.5, 0.6) is 0 Å². The van der Waals surface area contributed by atoms with Crippen molar-refractivity contribution in [1.29, 1.82) is 0 Å². The molecular weight excluding hydrogens is 420 g/mol. The maximum Gasteiger partial charge on any atom is 0.309 e. The zero-order chi connectivity index (χ0) is 24.4. The molecule has 1 heterocycles. The highest BCUT2D eigenvalue weighted by Gasteiger charge is 2.68. The Labute approximate surface area is 208 Å². The summed E-state index contributed by atoms with van der Waals surface area (Å²) < 4.78 is 6.55. The molecule has 0 amide bonds. The van der Waals surface area contributed by atoms with Gasteiger partial charge in [-0.3, -0.25) is 4.79 Å². The van der Waals surface area contributed by atoms with Crippen LogP contribution >= 0.6 is 0 Å². The minimum absolute atomic E-state index is 0.0151. The summed E-state index contributed by atoms with van der Waals surface area (Å²) in [6.07, 6.45) is 13.9. The van der Waals surface area contributed by atoms with Gasteiger partial charge in [-0.2, -0.15) is 0 Å². The smallest absolute Gasteiger partial charge is 0.309 e. The number of nitrogens with zero attached hydrogens (tertiary/aromatic N) is 2. The highest BCUT2D eigenvalue weighted by Crippen LogP contribution is 2.69. The van der Waals surface area contributed by atoms with Crippen LogP contribution in [0.25, 0.3) is 0 Å². The molecule has 4 heteroatoms. The van der Waals surface area contributed by atoms with Gasteiger partial charge in [0.15, 0.2) is 0 Å². The third-order valence-corrected chi connectivity index (χ3v) is 11.4. The zero-order valence-electron chi connectivity index (χ0n) is 22.8. The van der Waals surface area contributed by atoms with Crippen molar-refractivity contribution < 1.29 is 9.53 Å². The van der Waals surface area contributed by atoms with Gasteiger partial charge in [-0.25, -0.2) is 0 Å². The molecule has 4 nitrogen and oxygen atoms in total. The molecule has 0 aromatic carbocycles. The summed E-state index contributed by atoms with van der Waals surface area (Å²) in [5, 5.41) is 0. The summed E-state index contributed by atoms with van der Waals surface area (Å²) in [4.78, 5) is 18.1. The molecule has 3 saturated carbocycles. The molecule has 4 aliphatic carbocycles. The number of carbonyl (C=O) groups is 1. The zero-order valence-corrected chi connectivity index (χ0v) is 22.8. The number of fused-ring (bicyclic) bond motifs is 4. The van der Waals surface area contributed by atoms with Gasteiger partial charge in [0.2, 0.25) is 0 Å². The molecule has 0 aromatic heterocycles. The van der Waals surface area contributed by atoms with Crippen molar-refractivity contribution in [3.63, 3.8) is 0 Å². The molecule has 4 fully saturated rings. The number of carbonyl (C=O) groups excluding carboxylic acids is 1. The van der Waals surface area contributed by atoms with Gasteiger partial charge >= 0.3 is 5.97 Å². The summed E-state index contributed by atoms with van der Waals surface area (Å²) in [5.74, 6) is 2.73. The summed E-state index contributed by atoms with van der Waals surface area (Å²) >= 11 is 0. The van der Waals surface area contributed by atoms with Crippen LogP contribution in [-0.4, -0.2) is 61.6 Å².